The van der Waals surface area contributed by atoms with Gasteiger partial charge in [0, 0.05) is 30.6 Å². The van der Waals surface area contributed by atoms with Gasteiger partial charge in [-0.25, -0.2) is 0 Å². The van der Waals surface area contributed by atoms with Crippen molar-refractivity contribution in [1.29, 1.82) is 0 Å². The molecule has 1 aliphatic rings. The van der Waals surface area contributed by atoms with E-state index in [0.717, 1.165) is 31.0 Å². The highest BCUT2D eigenvalue weighted by Crippen LogP contribution is 2.34. The van der Waals surface area contributed by atoms with Gasteiger partial charge in [-0.1, -0.05) is 18.2 Å². The lowest BCUT2D eigenvalue weighted by molar-refractivity contribution is -0.0967. The first-order valence-corrected chi connectivity index (χ1v) is 7.58. The molecule has 0 radical (unpaired) electrons. The van der Waals surface area contributed by atoms with Crippen molar-refractivity contribution in [1.82, 2.24) is 4.90 Å². The number of ether oxygens (including phenoxy) is 1. The molecule has 4 heteroatoms. The molecule has 1 aliphatic heterocycles. The zero-order valence-corrected chi connectivity index (χ0v) is 13.1. The van der Waals surface area contributed by atoms with Crippen molar-refractivity contribution in [2.24, 2.45) is 5.73 Å². The van der Waals surface area contributed by atoms with Crippen LogP contribution in [0, 0.1) is 6.92 Å². The van der Waals surface area contributed by atoms with Crippen LogP contribution in [0.4, 0.5) is 0 Å². The third kappa shape index (κ3) is 2.71. The average Bonchev–Trinajstić information content (AvgIpc) is 2.76. The van der Waals surface area contributed by atoms with Crippen molar-refractivity contribution in [3.8, 4) is 0 Å². The first kappa shape index (κ1) is 14.6. The van der Waals surface area contributed by atoms with Crippen molar-refractivity contribution in [2.45, 2.75) is 32.4 Å². The van der Waals surface area contributed by atoms with E-state index in [1.807, 2.05) is 19.1 Å². The molecule has 3 rings (SSSR count). The van der Waals surface area contributed by atoms with Gasteiger partial charge >= 0.3 is 0 Å². The third-order valence-electron chi connectivity index (χ3n) is 4.27. The number of aryl methyl sites for hydroxylation is 1. The Labute approximate surface area is 125 Å². The van der Waals surface area contributed by atoms with E-state index in [9.17, 15) is 0 Å². The van der Waals surface area contributed by atoms with Crippen molar-refractivity contribution in [2.75, 3.05) is 26.2 Å². The van der Waals surface area contributed by atoms with Crippen molar-refractivity contribution >= 4 is 11.0 Å². The Hall–Kier alpha value is -1.36. The van der Waals surface area contributed by atoms with Crippen molar-refractivity contribution in [3.05, 3.63) is 35.6 Å². The fraction of sp³-hybridized carbons (Fsp3) is 0.529. The Balaban J connectivity index is 2.00. The van der Waals surface area contributed by atoms with Gasteiger partial charge in [0.2, 0.25) is 0 Å². The molecule has 21 heavy (non-hydrogen) atoms. The maximum Gasteiger partial charge on any atom is 0.134 e. The SMILES string of the molecule is Cc1oc2ccccc2c1C(CN)N1CCOC(C)(C)C1. The van der Waals surface area contributed by atoms with Crippen molar-refractivity contribution in [3.63, 3.8) is 0 Å². The lowest BCUT2D eigenvalue weighted by Gasteiger charge is -2.42. The Bertz CT molecular complexity index is 633. The van der Waals surface area contributed by atoms with Crippen LogP contribution in [-0.4, -0.2) is 36.7 Å². The average molecular weight is 288 g/mol. The summed E-state index contributed by atoms with van der Waals surface area (Å²) in [6, 6.07) is 8.37. The third-order valence-corrected chi connectivity index (χ3v) is 4.27. The van der Waals surface area contributed by atoms with Gasteiger partial charge in [-0.05, 0) is 26.8 Å². The lowest BCUT2D eigenvalue weighted by Crippen LogP contribution is -2.50. The first-order chi connectivity index (χ1) is 10.0. The molecule has 4 nitrogen and oxygen atoms in total. The molecule has 0 saturated carbocycles. The topological polar surface area (TPSA) is 51.6 Å². The molecule has 1 aromatic heterocycles. The number of para-hydroxylation sites is 1. The fourth-order valence-electron chi connectivity index (χ4n) is 3.37. The first-order valence-electron chi connectivity index (χ1n) is 7.58. The van der Waals surface area contributed by atoms with Crippen LogP contribution in [0.2, 0.25) is 0 Å². The minimum Gasteiger partial charge on any atom is -0.461 e. The molecule has 1 atom stereocenters. The molecule has 2 heterocycles. The highest BCUT2D eigenvalue weighted by molar-refractivity contribution is 5.82. The maximum atomic E-state index is 6.12. The Morgan fingerprint density at radius 1 is 1.33 bits per heavy atom. The number of morpholine rings is 1. The van der Waals surface area contributed by atoms with E-state index in [1.54, 1.807) is 0 Å². The van der Waals surface area contributed by atoms with Gasteiger partial charge in [0.15, 0.2) is 0 Å². The van der Waals surface area contributed by atoms with Crippen molar-refractivity contribution < 1.29 is 9.15 Å². The summed E-state index contributed by atoms with van der Waals surface area (Å²) in [4.78, 5) is 2.42. The largest absolute Gasteiger partial charge is 0.461 e. The van der Waals surface area contributed by atoms with E-state index in [4.69, 9.17) is 14.9 Å². The van der Waals surface area contributed by atoms with Gasteiger partial charge in [0.25, 0.3) is 0 Å². The second kappa shape index (κ2) is 5.44. The number of nitrogens with zero attached hydrogens (tertiary/aromatic N) is 1. The van der Waals surface area contributed by atoms with Crippen LogP contribution in [0.3, 0.4) is 0 Å². The van der Waals surface area contributed by atoms with Gasteiger partial charge in [-0.15, -0.1) is 0 Å². The van der Waals surface area contributed by atoms with E-state index in [-0.39, 0.29) is 11.6 Å². The molecule has 1 saturated heterocycles. The van der Waals surface area contributed by atoms with Crippen LogP contribution in [0.1, 0.15) is 31.2 Å². The zero-order valence-electron chi connectivity index (χ0n) is 13.1. The number of benzene rings is 1. The number of hydrogen-bond acceptors (Lipinski definition) is 4. The number of fused-ring (bicyclic) bond motifs is 1. The van der Waals surface area contributed by atoms with Crippen LogP contribution in [-0.2, 0) is 4.74 Å². The second-order valence-electron chi connectivity index (χ2n) is 6.40. The molecule has 0 spiro atoms. The lowest BCUT2D eigenvalue weighted by atomic mass is 9.98. The highest BCUT2D eigenvalue weighted by atomic mass is 16.5. The van der Waals surface area contributed by atoms with Crippen LogP contribution in [0.15, 0.2) is 28.7 Å². The number of furan rings is 1. The molecule has 2 aromatic rings. The van der Waals surface area contributed by atoms with E-state index in [1.165, 1.54) is 10.9 Å². The predicted octanol–water partition coefficient (Wildman–Crippen LogP) is 2.85. The summed E-state index contributed by atoms with van der Waals surface area (Å²) in [5.41, 5.74) is 8.16. The standard InChI is InChI=1S/C17H24N2O2/c1-12-16(13-6-4-5-7-15(13)21-12)14(10-18)19-8-9-20-17(2,3)11-19/h4-7,14H,8-11,18H2,1-3H3. The fourth-order valence-corrected chi connectivity index (χ4v) is 3.37. The molecule has 114 valence electrons. The summed E-state index contributed by atoms with van der Waals surface area (Å²) in [6.45, 7) is 9.42. The summed E-state index contributed by atoms with van der Waals surface area (Å²) >= 11 is 0. The second-order valence-corrected chi connectivity index (χ2v) is 6.40. The molecular formula is C17H24N2O2. The maximum absolute atomic E-state index is 6.12. The minimum atomic E-state index is -0.126. The summed E-state index contributed by atoms with van der Waals surface area (Å²) in [5, 5.41) is 1.18. The van der Waals surface area contributed by atoms with E-state index < -0.39 is 0 Å². The Morgan fingerprint density at radius 3 is 2.81 bits per heavy atom. The summed E-state index contributed by atoms with van der Waals surface area (Å²) < 4.78 is 11.7. The highest BCUT2D eigenvalue weighted by Gasteiger charge is 2.33. The Kier molecular flexibility index (Phi) is 3.78. The van der Waals surface area contributed by atoms with E-state index >= 15 is 0 Å². The quantitative estimate of drug-likeness (QED) is 0.943. The predicted molar refractivity (Wildman–Crippen MR) is 84.4 cm³/mol. The number of hydrogen-bond donors (Lipinski definition) is 1. The monoisotopic (exact) mass is 288 g/mol. The van der Waals surface area contributed by atoms with E-state index in [0.29, 0.717) is 6.54 Å². The molecule has 2 N–H and O–H groups in total. The molecule has 1 aromatic carbocycles. The molecule has 1 fully saturated rings. The molecule has 0 amide bonds. The summed E-state index contributed by atoms with van der Waals surface area (Å²) in [6.07, 6.45) is 0. The van der Waals surface area contributed by atoms with Crippen LogP contribution in [0.25, 0.3) is 11.0 Å². The molecule has 0 aliphatic carbocycles. The molecule has 0 bridgehead atoms. The summed E-state index contributed by atoms with van der Waals surface area (Å²) in [5.74, 6) is 0.968. The minimum absolute atomic E-state index is 0.126. The van der Waals surface area contributed by atoms with Gasteiger partial charge in [-0.3, -0.25) is 4.90 Å². The van der Waals surface area contributed by atoms with Gasteiger partial charge in [0.05, 0.1) is 18.2 Å². The smallest absolute Gasteiger partial charge is 0.134 e. The van der Waals surface area contributed by atoms with Crippen LogP contribution < -0.4 is 5.73 Å². The number of nitrogens with two attached hydrogens (primary N) is 1. The molecule has 1 unspecified atom stereocenters. The molecular weight excluding hydrogens is 264 g/mol. The van der Waals surface area contributed by atoms with Crippen LogP contribution in [0.5, 0.6) is 0 Å². The normalized spacial score (nSPS) is 20.8. The summed E-state index contributed by atoms with van der Waals surface area (Å²) in [7, 11) is 0. The Morgan fingerprint density at radius 2 is 2.10 bits per heavy atom. The number of rotatable bonds is 3. The van der Waals surface area contributed by atoms with E-state index in [2.05, 4.69) is 30.9 Å². The van der Waals surface area contributed by atoms with Gasteiger partial charge in [-0.2, -0.15) is 0 Å². The van der Waals surface area contributed by atoms with Gasteiger partial charge < -0.3 is 14.9 Å². The van der Waals surface area contributed by atoms with Gasteiger partial charge in [0.1, 0.15) is 11.3 Å². The zero-order chi connectivity index (χ0) is 15.0. The van der Waals surface area contributed by atoms with Crippen LogP contribution >= 0.6 is 0 Å².